The quantitative estimate of drug-likeness (QED) is 0.267. The number of fused-ring (bicyclic) bond motifs is 1. The minimum atomic E-state index is -3.93. The van der Waals surface area contributed by atoms with Crippen LogP contribution in [0.5, 0.6) is 5.75 Å². The van der Waals surface area contributed by atoms with Crippen molar-refractivity contribution in [1.29, 1.82) is 0 Å². The Kier molecular flexibility index (Phi) is 12.6. The third-order valence-electron chi connectivity index (χ3n) is 8.24. The monoisotopic (exact) mass is 632 g/mol. The molecule has 2 saturated heterocycles. The van der Waals surface area contributed by atoms with Crippen LogP contribution in [0.2, 0.25) is 0 Å². The molecule has 2 aromatic carbocycles. The van der Waals surface area contributed by atoms with Gasteiger partial charge in [0, 0.05) is 31.5 Å². The maximum absolute atomic E-state index is 13.7. The number of nitrogens with zero attached hydrogens (tertiary/aromatic N) is 1. The predicted octanol–water partition coefficient (Wildman–Crippen LogP) is 3.62. The Balaban J connectivity index is 1.51. The molecule has 2 N–H and O–H groups in total. The lowest BCUT2D eigenvalue weighted by atomic mass is 9.89. The van der Waals surface area contributed by atoms with E-state index >= 15 is 0 Å². The first-order chi connectivity index (χ1) is 21.1. The molecule has 2 aromatic rings. The predicted molar refractivity (Wildman–Crippen MR) is 167 cm³/mol. The Bertz CT molecular complexity index is 1270. The molecule has 2 heterocycles. The van der Waals surface area contributed by atoms with Gasteiger partial charge in [-0.25, -0.2) is 8.42 Å². The molecule has 2 fully saturated rings. The van der Waals surface area contributed by atoms with Crippen LogP contribution in [0.15, 0.2) is 59.5 Å². The second-order valence-electron chi connectivity index (χ2n) is 12.1. The number of rotatable bonds is 16. The molecule has 2 aliphatic heterocycles. The fourth-order valence-electron chi connectivity index (χ4n) is 5.98. The van der Waals surface area contributed by atoms with Crippen LogP contribution in [0.25, 0.3) is 0 Å². The van der Waals surface area contributed by atoms with Crippen LogP contribution in [-0.2, 0) is 35.4 Å². The SMILES string of the molecule is CCCN[C@H]1CO[C@@H]2OCC[C@H](OC(=O)C[C@@H](Cc3ccccc3)[C@H](O)CN(CC(C)C)S(=O)(=O)c3ccc(OC)cc3)[C@@H]21. The van der Waals surface area contributed by atoms with Crippen molar-refractivity contribution in [1.82, 2.24) is 9.62 Å². The normalized spacial score (nSPS) is 23.3. The molecule has 0 aliphatic carbocycles. The van der Waals surface area contributed by atoms with Gasteiger partial charge in [-0.15, -0.1) is 0 Å². The molecule has 6 atom stereocenters. The maximum atomic E-state index is 13.7. The number of carbonyl (C=O) groups is 1. The molecule has 0 aromatic heterocycles. The van der Waals surface area contributed by atoms with E-state index in [1.54, 1.807) is 12.1 Å². The zero-order valence-electron chi connectivity index (χ0n) is 26.3. The van der Waals surface area contributed by atoms with Gasteiger partial charge in [-0.1, -0.05) is 51.1 Å². The number of ether oxygens (including phenoxy) is 4. The van der Waals surface area contributed by atoms with E-state index in [9.17, 15) is 18.3 Å². The maximum Gasteiger partial charge on any atom is 0.306 e. The topological polar surface area (TPSA) is 124 Å². The second kappa shape index (κ2) is 16.1. The summed E-state index contributed by atoms with van der Waals surface area (Å²) >= 11 is 0. The van der Waals surface area contributed by atoms with Gasteiger partial charge in [0.15, 0.2) is 6.29 Å². The Morgan fingerprint density at radius 2 is 1.82 bits per heavy atom. The van der Waals surface area contributed by atoms with E-state index in [-0.39, 0.29) is 48.4 Å². The van der Waals surface area contributed by atoms with Gasteiger partial charge in [0.1, 0.15) is 11.9 Å². The molecule has 0 saturated carbocycles. The van der Waals surface area contributed by atoms with E-state index in [0.717, 1.165) is 18.5 Å². The number of esters is 1. The van der Waals surface area contributed by atoms with Gasteiger partial charge in [-0.05, 0) is 55.1 Å². The Morgan fingerprint density at radius 3 is 2.48 bits per heavy atom. The number of aliphatic hydroxyl groups excluding tert-OH is 1. The number of benzene rings is 2. The van der Waals surface area contributed by atoms with E-state index in [0.29, 0.717) is 31.8 Å². The summed E-state index contributed by atoms with van der Waals surface area (Å²) in [5, 5.41) is 15.1. The Morgan fingerprint density at radius 1 is 1.09 bits per heavy atom. The van der Waals surface area contributed by atoms with Crippen molar-refractivity contribution < 1.29 is 37.3 Å². The summed E-state index contributed by atoms with van der Waals surface area (Å²) in [6.45, 7) is 7.77. The summed E-state index contributed by atoms with van der Waals surface area (Å²) in [6.07, 6.45) is -0.0503. The summed E-state index contributed by atoms with van der Waals surface area (Å²) < 4.78 is 51.7. The van der Waals surface area contributed by atoms with Crippen molar-refractivity contribution >= 4 is 16.0 Å². The molecule has 4 rings (SSSR count). The van der Waals surface area contributed by atoms with Crippen LogP contribution in [0.4, 0.5) is 0 Å². The summed E-state index contributed by atoms with van der Waals surface area (Å²) in [6, 6.07) is 15.8. The molecule has 0 amide bonds. The van der Waals surface area contributed by atoms with Gasteiger partial charge in [-0.3, -0.25) is 4.79 Å². The van der Waals surface area contributed by atoms with E-state index in [2.05, 4.69) is 12.2 Å². The zero-order valence-corrected chi connectivity index (χ0v) is 27.1. The lowest BCUT2D eigenvalue weighted by molar-refractivity contribution is -0.196. The number of methoxy groups -OCH3 is 1. The second-order valence-corrected chi connectivity index (χ2v) is 14.1. The molecule has 0 radical (unpaired) electrons. The average Bonchev–Trinajstić information content (AvgIpc) is 3.43. The van der Waals surface area contributed by atoms with Crippen molar-refractivity contribution in [2.75, 3.05) is 40.0 Å². The van der Waals surface area contributed by atoms with Gasteiger partial charge in [0.2, 0.25) is 10.0 Å². The highest BCUT2D eigenvalue weighted by molar-refractivity contribution is 7.89. The Hall–Kier alpha value is -2.54. The molecule has 0 unspecified atom stereocenters. The van der Waals surface area contributed by atoms with Gasteiger partial charge in [-0.2, -0.15) is 4.31 Å². The number of hydrogen-bond donors (Lipinski definition) is 2. The fourth-order valence-corrected chi connectivity index (χ4v) is 7.61. The highest BCUT2D eigenvalue weighted by Crippen LogP contribution is 2.34. The van der Waals surface area contributed by atoms with Crippen LogP contribution in [0.1, 0.15) is 45.6 Å². The third-order valence-corrected chi connectivity index (χ3v) is 10.1. The Labute approximate surface area is 262 Å². The van der Waals surface area contributed by atoms with Gasteiger partial charge in [0.05, 0.1) is 43.7 Å². The highest BCUT2D eigenvalue weighted by atomic mass is 32.2. The summed E-state index contributed by atoms with van der Waals surface area (Å²) in [4.78, 5) is 13.6. The number of carbonyl (C=O) groups excluding carboxylic acids is 1. The lowest BCUT2D eigenvalue weighted by Crippen LogP contribution is -2.49. The van der Waals surface area contributed by atoms with Crippen LogP contribution in [-0.4, -0.2) is 88.3 Å². The van der Waals surface area contributed by atoms with Crippen LogP contribution < -0.4 is 10.1 Å². The molecule has 0 bridgehead atoms. The number of hydrogen-bond acceptors (Lipinski definition) is 9. The molecule has 0 spiro atoms. The van der Waals surface area contributed by atoms with E-state index in [1.165, 1.54) is 23.5 Å². The minimum absolute atomic E-state index is 0.0112. The van der Waals surface area contributed by atoms with Gasteiger partial charge < -0.3 is 29.4 Å². The van der Waals surface area contributed by atoms with Crippen molar-refractivity contribution in [3.8, 4) is 5.75 Å². The van der Waals surface area contributed by atoms with Crippen LogP contribution in [0.3, 0.4) is 0 Å². The smallest absolute Gasteiger partial charge is 0.306 e. The fraction of sp³-hybridized carbons (Fsp3) is 0.606. The van der Waals surface area contributed by atoms with E-state index in [4.69, 9.17) is 18.9 Å². The molecular weight excluding hydrogens is 584 g/mol. The van der Waals surface area contributed by atoms with Crippen molar-refractivity contribution in [2.24, 2.45) is 17.8 Å². The summed E-state index contributed by atoms with van der Waals surface area (Å²) in [7, 11) is -2.41. The van der Waals surface area contributed by atoms with Gasteiger partial charge in [0.25, 0.3) is 0 Å². The van der Waals surface area contributed by atoms with Crippen molar-refractivity contribution in [3.63, 3.8) is 0 Å². The van der Waals surface area contributed by atoms with Gasteiger partial charge >= 0.3 is 5.97 Å². The van der Waals surface area contributed by atoms with Crippen molar-refractivity contribution in [3.05, 3.63) is 60.2 Å². The summed E-state index contributed by atoms with van der Waals surface area (Å²) in [5.74, 6) is -0.557. The van der Waals surface area contributed by atoms with Crippen molar-refractivity contribution in [2.45, 2.75) is 75.9 Å². The number of aliphatic hydroxyl groups is 1. The first kappa shape index (κ1) is 34.3. The molecule has 11 heteroatoms. The van der Waals surface area contributed by atoms with Crippen LogP contribution in [0, 0.1) is 17.8 Å². The number of nitrogens with one attached hydrogen (secondary N) is 1. The minimum Gasteiger partial charge on any atom is -0.497 e. The molecule has 10 nitrogen and oxygen atoms in total. The van der Waals surface area contributed by atoms with Crippen LogP contribution >= 0.6 is 0 Å². The first-order valence-electron chi connectivity index (χ1n) is 15.6. The highest BCUT2D eigenvalue weighted by Gasteiger charge is 2.47. The molecule has 2 aliphatic rings. The largest absolute Gasteiger partial charge is 0.497 e. The zero-order chi connectivity index (χ0) is 31.7. The molecular formula is C33H48N2O8S. The number of sulfonamides is 1. The summed E-state index contributed by atoms with van der Waals surface area (Å²) in [5.41, 5.74) is 0.942. The average molecular weight is 633 g/mol. The lowest BCUT2D eigenvalue weighted by Gasteiger charge is -2.35. The molecule has 244 valence electrons. The van der Waals surface area contributed by atoms with E-state index < -0.39 is 34.3 Å². The molecule has 44 heavy (non-hydrogen) atoms. The standard InChI is InChI=1S/C33H48N2O8S/c1-5-16-34-28-22-42-33-32(28)30(15-17-41-33)43-31(37)19-25(18-24-9-7-6-8-10-24)29(36)21-35(20-23(2)3)44(38,39)27-13-11-26(40-4)12-14-27/h6-14,23,25,28-30,32-34,36H,5,15-22H2,1-4H3/t25-,28+,29-,30+,32+,33+/m1/s1. The first-order valence-corrected chi connectivity index (χ1v) is 17.1. The van der Waals surface area contributed by atoms with E-state index in [1.807, 2.05) is 44.2 Å². The third kappa shape index (κ3) is 9.02.